The lowest BCUT2D eigenvalue weighted by Crippen LogP contribution is -2.55. The summed E-state index contributed by atoms with van der Waals surface area (Å²) in [5, 5.41) is 22.5. The van der Waals surface area contributed by atoms with Crippen LogP contribution in [0.2, 0.25) is 0 Å². The van der Waals surface area contributed by atoms with Crippen molar-refractivity contribution in [3.8, 4) is 12.4 Å². The minimum atomic E-state index is -0.462. The zero-order chi connectivity index (χ0) is 9.73. The van der Waals surface area contributed by atoms with Crippen LogP contribution in [0.4, 0.5) is 0 Å². The zero-order valence-corrected chi connectivity index (χ0v) is 7.80. The monoisotopic (exact) mass is 178 g/mol. The first kappa shape index (κ1) is 9.67. The van der Waals surface area contributed by atoms with Gasteiger partial charge in [-0.1, -0.05) is 6.92 Å². The van der Waals surface area contributed by atoms with E-state index in [2.05, 4.69) is 17.6 Å². The van der Waals surface area contributed by atoms with Crippen LogP contribution in [0.3, 0.4) is 0 Å². The molecule has 0 spiro atoms. The first-order valence-corrected chi connectivity index (χ1v) is 4.55. The lowest BCUT2D eigenvalue weighted by molar-refractivity contribution is 0.195. The van der Waals surface area contributed by atoms with Crippen molar-refractivity contribution >= 4 is 0 Å². The average Bonchev–Trinajstić information content (AvgIpc) is 2.11. The van der Waals surface area contributed by atoms with Crippen LogP contribution in [0.15, 0.2) is 0 Å². The molecule has 0 unspecified atom stereocenters. The third kappa shape index (κ3) is 2.26. The van der Waals surface area contributed by atoms with Crippen molar-refractivity contribution in [1.29, 1.82) is 10.5 Å². The van der Waals surface area contributed by atoms with Crippen LogP contribution < -0.4 is 10.6 Å². The number of nitriles is 2. The summed E-state index contributed by atoms with van der Waals surface area (Å²) in [4.78, 5) is 0. The molecular weight excluding hydrogens is 164 g/mol. The molecule has 4 nitrogen and oxygen atoms in total. The molecule has 0 amide bonds. The van der Waals surface area contributed by atoms with Gasteiger partial charge >= 0.3 is 0 Å². The SMILES string of the molecule is CC1CCC(NC#N)(NC#N)CC1. The molecule has 1 aliphatic carbocycles. The van der Waals surface area contributed by atoms with Crippen LogP contribution in [0.25, 0.3) is 0 Å². The van der Waals surface area contributed by atoms with Crippen LogP contribution in [0, 0.1) is 28.8 Å². The standard InChI is InChI=1S/C9H14N4/c1-8-2-4-9(5-3-8,12-6-10)13-7-11/h8,12-13H,2-5H2,1H3. The van der Waals surface area contributed by atoms with E-state index in [0.717, 1.165) is 25.7 Å². The summed E-state index contributed by atoms with van der Waals surface area (Å²) in [5.74, 6) is 0.703. The van der Waals surface area contributed by atoms with Crippen LogP contribution in [0.5, 0.6) is 0 Å². The Balaban J connectivity index is 2.60. The molecule has 0 atom stereocenters. The van der Waals surface area contributed by atoms with Gasteiger partial charge in [0.25, 0.3) is 0 Å². The summed E-state index contributed by atoms with van der Waals surface area (Å²) < 4.78 is 0. The highest BCUT2D eigenvalue weighted by Gasteiger charge is 2.33. The maximum absolute atomic E-state index is 8.57. The van der Waals surface area contributed by atoms with Gasteiger partial charge in [-0.15, -0.1) is 0 Å². The van der Waals surface area contributed by atoms with Gasteiger partial charge in [0, 0.05) is 0 Å². The van der Waals surface area contributed by atoms with Crippen molar-refractivity contribution in [3.63, 3.8) is 0 Å². The molecule has 0 aromatic carbocycles. The molecule has 1 saturated carbocycles. The van der Waals surface area contributed by atoms with Gasteiger partial charge in [0.15, 0.2) is 12.4 Å². The van der Waals surface area contributed by atoms with Crippen LogP contribution in [-0.2, 0) is 0 Å². The number of hydrogen-bond acceptors (Lipinski definition) is 4. The van der Waals surface area contributed by atoms with E-state index in [1.807, 2.05) is 12.4 Å². The minimum Gasteiger partial charge on any atom is -0.299 e. The van der Waals surface area contributed by atoms with E-state index in [1.54, 1.807) is 0 Å². The Bertz CT molecular complexity index is 221. The Morgan fingerprint density at radius 1 is 1.15 bits per heavy atom. The second-order valence-electron chi connectivity index (χ2n) is 3.74. The van der Waals surface area contributed by atoms with E-state index in [0.29, 0.717) is 5.92 Å². The minimum absolute atomic E-state index is 0.462. The normalized spacial score (nSPS) is 21.2. The molecule has 13 heavy (non-hydrogen) atoms. The van der Waals surface area contributed by atoms with Gasteiger partial charge in [0.05, 0.1) is 0 Å². The van der Waals surface area contributed by atoms with E-state index < -0.39 is 5.66 Å². The Morgan fingerprint density at radius 2 is 1.62 bits per heavy atom. The molecule has 1 fully saturated rings. The molecule has 0 aromatic rings. The summed E-state index contributed by atoms with van der Waals surface area (Å²) in [6.07, 6.45) is 7.63. The van der Waals surface area contributed by atoms with Crippen molar-refractivity contribution in [2.75, 3.05) is 0 Å². The van der Waals surface area contributed by atoms with Gasteiger partial charge in [0.2, 0.25) is 0 Å². The third-order valence-electron chi connectivity index (χ3n) is 2.72. The quantitative estimate of drug-likeness (QED) is 0.376. The van der Waals surface area contributed by atoms with Crippen molar-refractivity contribution < 1.29 is 0 Å². The van der Waals surface area contributed by atoms with E-state index in [1.165, 1.54) is 0 Å². The lowest BCUT2D eigenvalue weighted by atomic mass is 9.83. The zero-order valence-electron chi connectivity index (χ0n) is 7.80. The molecule has 0 aliphatic heterocycles. The Morgan fingerprint density at radius 3 is 2.00 bits per heavy atom. The number of nitrogens with one attached hydrogen (secondary N) is 2. The molecule has 0 aromatic heterocycles. The van der Waals surface area contributed by atoms with Crippen molar-refractivity contribution in [2.45, 2.75) is 38.3 Å². The summed E-state index contributed by atoms with van der Waals surface area (Å²) in [7, 11) is 0. The molecule has 70 valence electrons. The molecule has 0 radical (unpaired) electrons. The lowest BCUT2D eigenvalue weighted by Gasteiger charge is -2.37. The molecular formula is C9H14N4. The topological polar surface area (TPSA) is 71.6 Å². The summed E-state index contributed by atoms with van der Waals surface area (Å²) >= 11 is 0. The average molecular weight is 178 g/mol. The first-order chi connectivity index (χ1) is 6.22. The van der Waals surface area contributed by atoms with Crippen molar-refractivity contribution in [2.24, 2.45) is 5.92 Å². The van der Waals surface area contributed by atoms with Gasteiger partial charge in [0.1, 0.15) is 5.66 Å². The summed E-state index contributed by atoms with van der Waals surface area (Å²) in [5.41, 5.74) is -0.462. The van der Waals surface area contributed by atoms with Crippen LogP contribution >= 0.6 is 0 Å². The Labute approximate surface area is 78.5 Å². The van der Waals surface area contributed by atoms with Gasteiger partial charge in [-0.2, -0.15) is 10.5 Å². The Kier molecular flexibility index (Phi) is 2.97. The van der Waals surface area contributed by atoms with Crippen LogP contribution in [0.1, 0.15) is 32.6 Å². The smallest absolute Gasteiger partial charge is 0.178 e. The van der Waals surface area contributed by atoms with Crippen LogP contribution in [-0.4, -0.2) is 5.66 Å². The molecule has 0 bridgehead atoms. The fourth-order valence-electron chi connectivity index (χ4n) is 1.75. The maximum Gasteiger partial charge on any atom is 0.178 e. The molecule has 1 rings (SSSR count). The molecule has 1 aliphatic rings. The summed E-state index contributed by atoms with van der Waals surface area (Å²) in [6.45, 7) is 2.20. The summed E-state index contributed by atoms with van der Waals surface area (Å²) in [6, 6.07) is 0. The highest BCUT2D eigenvalue weighted by molar-refractivity contribution is 4.97. The predicted octanol–water partition coefficient (Wildman–Crippen LogP) is 1.03. The van der Waals surface area contributed by atoms with E-state index in [4.69, 9.17) is 10.5 Å². The van der Waals surface area contributed by atoms with E-state index >= 15 is 0 Å². The molecule has 4 heteroatoms. The number of nitrogens with zero attached hydrogens (tertiary/aromatic N) is 2. The molecule has 0 heterocycles. The molecule has 0 saturated heterocycles. The Hall–Kier alpha value is -1.42. The molecule has 2 N–H and O–H groups in total. The van der Waals surface area contributed by atoms with E-state index in [9.17, 15) is 0 Å². The number of rotatable bonds is 2. The van der Waals surface area contributed by atoms with Gasteiger partial charge in [-0.25, -0.2) is 0 Å². The van der Waals surface area contributed by atoms with Crippen molar-refractivity contribution in [3.05, 3.63) is 0 Å². The fourth-order valence-corrected chi connectivity index (χ4v) is 1.75. The first-order valence-electron chi connectivity index (χ1n) is 4.55. The maximum atomic E-state index is 8.57. The third-order valence-corrected chi connectivity index (χ3v) is 2.72. The van der Waals surface area contributed by atoms with Crippen molar-refractivity contribution in [1.82, 2.24) is 10.6 Å². The number of hydrogen-bond donors (Lipinski definition) is 2. The fraction of sp³-hybridized carbons (Fsp3) is 0.778. The highest BCUT2D eigenvalue weighted by Crippen LogP contribution is 2.29. The van der Waals surface area contributed by atoms with Gasteiger partial charge in [-0.3, -0.25) is 10.6 Å². The van der Waals surface area contributed by atoms with Gasteiger partial charge in [-0.05, 0) is 31.6 Å². The largest absolute Gasteiger partial charge is 0.299 e. The predicted molar refractivity (Wildman–Crippen MR) is 47.9 cm³/mol. The highest BCUT2D eigenvalue weighted by atomic mass is 15.2. The van der Waals surface area contributed by atoms with Gasteiger partial charge < -0.3 is 0 Å². The second-order valence-corrected chi connectivity index (χ2v) is 3.74. The second kappa shape index (κ2) is 4.00. The van der Waals surface area contributed by atoms with E-state index in [-0.39, 0.29) is 0 Å².